The standard InChI is InChI=1S/C18H13ClFN3O/c19-14-6-2-4-8-16(14)23-17-10-9-12(11-21-17)22-18(24)13-5-1-3-7-15(13)20/h1-11H,(H,21,23)(H,22,24). The zero-order valence-corrected chi connectivity index (χ0v) is 13.2. The zero-order valence-electron chi connectivity index (χ0n) is 12.5. The smallest absolute Gasteiger partial charge is 0.258 e. The summed E-state index contributed by atoms with van der Waals surface area (Å²) in [7, 11) is 0. The average Bonchev–Trinajstić information content (AvgIpc) is 2.59. The van der Waals surface area contributed by atoms with Gasteiger partial charge in [-0.2, -0.15) is 0 Å². The second-order valence-electron chi connectivity index (χ2n) is 4.97. The lowest BCUT2D eigenvalue weighted by Crippen LogP contribution is -2.13. The molecule has 0 atom stereocenters. The minimum Gasteiger partial charge on any atom is -0.339 e. The molecule has 0 fully saturated rings. The Hall–Kier alpha value is -2.92. The quantitative estimate of drug-likeness (QED) is 0.711. The van der Waals surface area contributed by atoms with E-state index in [1.807, 2.05) is 18.2 Å². The minimum atomic E-state index is -0.569. The van der Waals surface area contributed by atoms with Gasteiger partial charge in [-0.25, -0.2) is 9.37 Å². The van der Waals surface area contributed by atoms with Crippen molar-refractivity contribution in [2.45, 2.75) is 0 Å². The largest absolute Gasteiger partial charge is 0.339 e. The summed E-state index contributed by atoms with van der Waals surface area (Å²) in [6.45, 7) is 0. The summed E-state index contributed by atoms with van der Waals surface area (Å²) in [5, 5.41) is 6.26. The van der Waals surface area contributed by atoms with Crippen LogP contribution in [0.5, 0.6) is 0 Å². The molecule has 0 aliphatic rings. The first kappa shape index (κ1) is 16.0. The molecule has 1 aromatic heterocycles. The number of amides is 1. The van der Waals surface area contributed by atoms with Crippen LogP contribution in [-0.4, -0.2) is 10.9 Å². The van der Waals surface area contributed by atoms with E-state index >= 15 is 0 Å². The molecular formula is C18H13ClFN3O. The molecule has 0 spiro atoms. The Balaban J connectivity index is 1.70. The Morgan fingerprint density at radius 2 is 1.75 bits per heavy atom. The Bertz CT molecular complexity index is 868. The van der Waals surface area contributed by atoms with Gasteiger partial charge in [0.1, 0.15) is 11.6 Å². The maximum Gasteiger partial charge on any atom is 0.258 e. The van der Waals surface area contributed by atoms with E-state index in [9.17, 15) is 9.18 Å². The maximum absolute atomic E-state index is 13.6. The highest BCUT2D eigenvalue weighted by Crippen LogP contribution is 2.24. The molecule has 0 radical (unpaired) electrons. The van der Waals surface area contributed by atoms with Crippen molar-refractivity contribution >= 4 is 34.7 Å². The molecule has 1 amide bonds. The van der Waals surface area contributed by atoms with Crippen molar-refractivity contribution in [3.8, 4) is 0 Å². The zero-order chi connectivity index (χ0) is 16.9. The van der Waals surface area contributed by atoms with E-state index < -0.39 is 11.7 Å². The second kappa shape index (κ2) is 7.10. The van der Waals surface area contributed by atoms with E-state index in [2.05, 4.69) is 15.6 Å². The van der Waals surface area contributed by atoms with Gasteiger partial charge in [0.25, 0.3) is 5.91 Å². The molecule has 2 N–H and O–H groups in total. The number of pyridine rings is 1. The second-order valence-corrected chi connectivity index (χ2v) is 5.38. The van der Waals surface area contributed by atoms with Gasteiger partial charge in [-0.1, -0.05) is 35.9 Å². The molecule has 0 aliphatic carbocycles. The van der Waals surface area contributed by atoms with Crippen molar-refractivity contribution in [1.82, 2.24) is 4.98 Å². The van der Waals surface area contributed by atoms with Crippen molar-refractivity contribution in [3.05, 3.63) is 83.3 Å². The fourth-order valence-corrected chi connectivity index (χ4v) is 2.27. The van der Waals surface area contributed by atoms with Crippen molar-refractivity contribution < 1.29 is 9.18 Å². The van der Waals surface area contributed by atoms with Crippen molar-refractivity contribution in [2.75, 3.05) is 10.6 Å². The highest BCUT2D eigenvalue weighted by atomic mass is 35.5. The van der Waals surface area contributed by atoms with Crippen molar-refractivity contribution in [3.63, 3.8) is 0 Å². The summed E-state index contributed by atoms with van der Waals surface area (Å²) in [6, 6.07) is 16.5. The maximum atomic E-state index is 13.6. The molecule has 0 saturated carbocycles. The number of hydrogen-bond acceptors (Lipinski definition) is 3. The van der Waals surface area contributed by atoms with Crippen LogP contribution in [0.2, 0.25) is 5.02 Å². The van der Waals surface area contributed by atoms with Crippen molar-refractivity contribution in [2.24, 2.45) is 0 Å². The van der Waals surface area contributed by atoms with Crippen LogP contribution in [0.15, 0.2) is 66.9 Å². The summed E-state index contributed by atoms with van der Waals surface area (Å²) in [6.07, 6.45) is 1.48. The molecule has 3 rings (SSSR count). The van der Waals surface area contributed by atoms with Gasteiger partial charge in [0.15, 0.2) is 0 Å². The predicted octanol–water partition coefficient (Wildman–Crippen LogP) is 4.87. The number of benzene rings is 2. The topological polar surface area (TPSA) is 54.0 Å². The first-order valence-corrected chi connectivity index (χ1v) is 7.55. The molecule has 0 unspecified atom stereocenters. The SMILES string of the molecule is O=C(Nc1ccc(Nc2ccccc2Cl)nc1)c1ccccc1F. The number of halogens is 2. The summed E-state index contributed by atoms with van der Waals surface area (Å²) >= 11 is 6.07. The van der Waals surface area contributed by atoms with E-state index in [1.165, 1.54) is 24.4 Å². The van der Waals surface area contributed by atoms with Crippen LogP contribution in [-0.2, 0) is 0 Å². The van der Waals surface area contributed by atoms with E-state index in [4.69, 9.17) is 11.6 Å². The highest BCUT2D eigenvalue weighted by Gasteiger charge is 2.11. The molecule has 3 aromatic rings. The number of anilines is 3. The molecule has 6 heteroatoms. The molecule has 0 aliphatic heterocycles. The number of para-hydroxylation sites is 1. The van der Waals surface area contributed by atoms with Crippen LogP contribution < -0.4 is 10.6 Å². The van der Waals surface area contributed by atoms with E-state index in [0.29, 0.717) is 16.5 Å². The van der Waals surface area contributed by atoms with E-state index in [1.54, 1.807) is 24.3 Å². The Morgan fingerprint density at radius 1 is 1.00 bits per heavy atom. The lowest BCUT2D eigenvalue weighted by molar-refractivity contribution is 0.102. The number of carbonyl (C=O) groups excluding carboxylic acids is 1. The average molecular weight is 342 g/mol. The van der Waals surface area contributed by atoms with Crippen LogP contribution in [0.4, 0.5) is 21.6 Å². The summed E-state index contributed by atoms with van der Waals surface area (Å²) in [4.78, 5) is 16.2. The first-order chi connectivity index (χ1) is 11.6. The minimum absolute atomic E-state index is 0.0178. The van der Waals surface area contributed by atoms with Crippen LogP contribution >= 0.6 is 11.6 Å². The van der Waals surface area contributed by atoms with Gasteiger partial charge in [-0.3, -0.25) is 4.79 Å². The molecule has 120 valence electrons. The van der Waals surface area contributed by atoms with E-state index in [0.717, 1.165) is 5.69 Å². The first-order valence-electron chi connectivity index (χ1n) is 7.17. The number of rotatable bonds is 4. The molecule has 24 heavy (non-hydrogen) atoms. The summed E-state index contributed by atoms with van der Waals surface area (Å²) in [5.41, 5.74) is 1.18. The van der Waals surface area contributed by atoms with Gasteiger partial charge in [0.05, 0.1) is 28.2 Å². The molecule has 2 aromatic carbocycles. The lowest BCUT2D eigenvalue weighted by Gasteiger charge is -2.09. The third kappa shape index (κ3) is 3.70. The Morgan fingerprint density at radius 3 is 2.46 bits per heavy atom. The number of aromatic nitrogens is 1. The normalized spacial score (nSPS) is 10.2. The fourth-order valence-electron chi connectivity index (χ4n) is 2.09. The summed E-state index contributed by atoms with van der Waals surface area (Å²) < 4.78 is 13.6. The Labute approximate surface area is 143 Å². The molecule has 0 saturated heterocycles. The van der Waals surface area contributed by atoms with Gasteiger partial charge in [0.2, 0.25) is 0 Å². The van der Waals surface area contributed by atoms with Crippen LogP contribution in [0, 0.1) is 5.82 Å². The van der Waals surface area contributed by atoms with Crippen molar-refractivity contribution in [1.29, 1.82) is 0 Å². The lowest BCUT2D eigenvalue weighted by atomic mass is 10.2. The van der Waals surface area contributed by atoms with Gasteiger partial charge < -0.3 is 10.6 Å². The monoisotopic (exact) mass is 341 g/mol. The van der Waals surface area contributed by atoms with Crippen LogP contribution in [0.3, 0.4) is 0 Å². The van der Waals surface area contributed by atoms with E-state index in [-0.39, 0.29) is 5.56 Å². The molecule has 1 heterocycles. The number of nitrogens with one attached hydrogen (secondary N) is 2. The van der Waals surface area contributed by atoms with Gasteiger partial charge >= 0.3 is 0 Å². The van der Waals surface area contributed by atoms with Gasteiger partial charge in [0, 0.05) is 0 Å². The number of nitrogens with zero attached hydrogens (tertiary/aromatic N) is 1. The fraction of sp³-hybridized carbons (Fsp3) is 0. The summed E-state index contributed by atoms with van der Waals surface area (Å²) in [5.74, 6) is -0.520. The van der Waals surface area contributed by atoms with Gasteiger partial charge in [-0.15, -0.1) is 0 Å². The number of hydrogen-bond donors (Lipinski definition) is 2. The van der Waals surface area contributed by atoms with Crippen LogP contribution in [0.1, 0.15) is 10.4 Å². The molecule has 0 bridgehead atoms. The molecular weight excluding hydrogens is 329 g/mol. The third-order valence-electron chi connectivity index (χ3n) is 3.28. The van der Waals surface area contributed by atoms with Crippen LogP contribution in [0.25, 0.3) is 0 Å². The Kier molecular flexibility index (Phi) is 4.72. The van der Waals surface area contributed by atoms with Gasteiger partial charge in [-0.05, 0) is 36.4 Å². The molecule has 4 nitrogen and oxygen atoms in total. The predicted molar refractivity (Wildman–Crippen MR) is 93.3 cm³/mol. The number of carbonyl (C=O) groups is 1. The third-order valence-corrected chi connectivity index (χ3v) is 3.61. The highest BCUT2D eigenvalue weighted by molar-refractivity contribution is 6.33.